The van der Waals surface area contributed by atoms with Crippen LogP contribution in [-0.2, 0) is 12.0 Å². The van der Waals surface area contributed by atoms with Crippen LogP contribution < -0.4 is 10.6 Å². The molecule has 0 amide bonds. The molecule has 0 aromatic heterocycles. The normalized spacial score (nSPS) is 22.7. The second kappa shape index (κ2) is 9.13. The van der Waals surface area contributed by atoms with Crippen molar-refractivity contribution in [2.75, 3.05) is 13.6 Å². The minimum Gasteiger partial charge on any atom is -0.312 e. The molecule has 1 aliphatic carbocycles. The second-order valence-corrected chi connectivity index (χ2v) is 7.71. The van der Waals surface area contributed by atoms with Crippen molar-refractivity contribution in [2.45, 2.75) is 50.1 Å². The molecular formula is C22H27ClF2N2. The van der Waals surface area contributed by atoms with E-state index in [4.69, 9.17) is 11.6 Å². The molecule has 0 saturated heterocycles. The van der Waals surface area contributed by atoms with Crippen molar-refractivity contribution in [1.29, 1.82) is 0 Å². The fraction of sp³-hybridized carbons (Fsp3) is 0.455. The molecule has 2 aromatic carbocycles. The van der Waals surface area contributed by atoms with Gasteiger partial charge in [-0.05, 0) is 68.6 Å². The van der Waals surface area contributed by atoms with E-state index in [9.17, 15) is 8.78 Å². The molecule has 0 heterocycles. The number of aryl methyl sites for hydroxylation is 1. The Balaban J connectivity index is 1.65. The number of benzene rings is 2. The summed E-state index contributed by atoms with van der Waals surface area (Å²) in [5, 5.41) is 8.05. The number of halogens is 3. The molecule has 27 heavy (non-hydrogen) atoms. The highest BCUT2D eigenvalue weighted by Gasteiger charge is 2.41. The average molecular weight is 393 g/mol. The van der Waals surface area contributed by atoms with Gasteiger partial charge in [0.15, 0.2) is 11.6 Å². The van der Waals surface area contributed by atoms with E-state index in [-0.39, 0.29) is 11.6 Å². The zero-order valence-corrected chi connectivity index (χ0v) is 16.5. The third kappa shape index (κ3) is 4.50. The predicted octanol–water partition coefficient (Wildman–Crippen LogP) is 5.20. The van der Waals surface area contributed by atoms with Crippen LogP contribution in [0.25, 0.3) is 0 Å². The van der Waals surface area contributed by atoms with Crippen LogP contribution in [0, 0.1) is 11.6 Å². The Morgan fingerprint density at radius 3 is 2.67 bits per heavy atom. The van der Waals surface area contributed by atoms with Crippen LogP contribution in [0.5, 0.6) is 0 Å². The molecule has 0 radical (unpaired) electrons. The maximum Gasteiger partial charge on any atom is 0.159 e. The number of hydrogen-bond donors (Lipinski definition) is 2. The van der Waals surface area contributed by atoms with E-state index in [1.807, 2.05) is 25.2 Å². The zero-order valence-electron chi connectivity index (χ0n) is 15.7. The van der Waals surface area contributed by atoms with Crippen molar-refractivity contribution in [3.05, 3.63) is 70.2 Å². The number of nitrogens with one attached hydrogen (secondary N) is 2. The van der Waals surface area contributed by atoms with Gasteiger partial charge in [-0.2, -0.15) is 0 Å². The first-order chi connectivity index (χ1) is 13.1. The molecule has 2 atom stereocenters. The van der Waals surface area contributed by atoms with E-state index in [1.165, 1.54) is 25.0 Å². The van der Waals surface area contributed by atoms with Crippen LogP contribution in [0.15, 0.2) is 42.5 Å². The van der Waals surface area contributed by atoms with Crippen molar-refractivity contribution in [1.82, 2.24) is 10.6 Å². The van der Waals surface area contributed by atoms with Gasteiger partial charge in [0, 0.05) is 11.1 Å². The summed E-state index contributed by atoms with van der Waals surface area (Å²) < 4.78 is 26.4. The highest BCUT2D eigenvalue weighted by Crippen LogP contribution is 2.40. The second-order valence-electron chi connectivity index (χ2n) is 7.31. The molecule has 1 aliphatic rings. The summed E-state index contributed by atoms with van der Waals surface area (Å²) in [6.07, 6.45) is 6.05. The van der Waals surface area contributed by atoms with Gasteiger partial charge in [0.2, 0.25) is 0 Å². The molecule has 2 N–H and O–H groups in total. The first kappa shape index (κ1) is 20.2. The van der Waals surface area contributed by atoms with Crippen LogP contribution >= 0.6 is 11.6 Å². The largest absolute Gasteiger partial charge is 0.312 e. The summed E-state index contributed by atoms with van der Waals surface area (Å²) in [7, 11) is 2.00. The lowest BCUT2D eigenvalue weighted by Crippen LogP contribution is -2.58. The Morgan fingerprint density at radius 2 is 1.93 bits per heavy atom. The molecule has 1 saturated carbocycles. The predicted molar refractivity (Wildman–Crippen MR) is 107 cm³/mol. The number of hydrogen-bond acceptors (Lipinski definition) is 2. The summed E-state index contributed by atoms with van der Waals surface area (Å²) in [6.45, 7) is 0.817. The molecule has 0 bridgehead atoms. The van der Waals surface area contributed by atoms with E-state index >= 15 is 0 Å². The van der Waals surface area contributed by atoms with Gasteiger partial charge in [0.05, 0.1) is 5.54 Å². The Labute approximate surface area is 165 Å². The highest BCUT2D eigenvalue weighted by atomic mass is 35.5. The highest BCUT2D eigenvalue weighted by molar-refractivity contribution is 6.31. The van der Waals surface area contributed by atoms with E-state index in [0.717, 1.165) is 48.4 Å². The lowest BCUT2D eigenvalue weighted by molar-refractivity contribution is 0.178. The van der Waals surface area contributed by atoms with Gasteiger partial charge in [0.1, 0.15) is 0 Å². The van der Waals surface area contributed by atoms with Crippen LogP contribution in [0.4, 0.5) is 8.78 Å². The van der Waals surface area contributed by atoms with Crippen molar-refractivity contribution >= 4 is 11.6 Å². The van der Waals surface area contributed by atoms with Gasteiger partial charge in [-0.3, -0.25) is 0 Å². The van der Waals surface area contributed by atoms with E-state index < -0.39 is 11.6 Å². The summed E-state index contributed by atoms with van der Waals surface area (Å²) >= 11 is 6.53. The van der Waals surface area contributed by atoms with Crippen molar-refractivity contribution in [3.63, 3.8) is 0 Å². The van der Waals surface area contributed by atoms with Gasteiger partial charge in [-0.15, -0.1) is 0 Å². The number of likely N-dealkylation sites (N-methyl/N-ethyl adjacent to an activating group) is 1. The molecule has 2 unspecified atom stereocenters. The van der Waals surface area contributed by atoms with Gasteiger partial charge >= 0.3 is 0 Å². The Morgan fingerprint density at radius 1 is 1.11 bits per heavy atom. The topological polar surface area (TPSA) is 24.1 Å². The lowest BCUT2D eigenvalue weighted by atomic mass is 9.72. The third-order valence-electron chi connectivity index (χ3n) is 5.73. The van der Waals surface area contributed by atoms with Gasteiger partial charge in [0.25, 0.3) is 0 Å². The fourth-order valence-electron chi connectivity index (χ4n) is 4.29. The van der Waals surface area contributed by atoms with Crippen LogP contribution in [0.1, 0.15) is 43.2 Å². The van der Waals surface area contributed by atoms with Crippen molar-refractivity contribution in [2.24, 2.45) is 0 Å². The molecule has 0 aliphatic heterocycles. The summed E-state index contributed by atoms with van der Waals surface area (Å²) in [5.74, 6) is -1.57. The molecule has 1 fully saturated rings. The van der Waals surface area contributed by atoms with Crippen LogP contribution in [0.3, 0.4) is 0 Å². The minimum atomic E-state index is -0.794. The standard InChI is InChI=1S/C22H27ClF2N2/c1-26-22(17-8-2-3-9-18(17)23)13-5-4-10-21(22)27-14-6-7-16-11-12-19(24)20(25)15-16/h2-3,8-9,11-12,15,21,26-27H,4-7,10,13-14H2,1H3. The van der Waals surface area contributed by atoms with E-state index in [2.05, 4.69) is 16.7 Å². The lowest BCUT2D eigenvalue weighted by Gasteiger charge is -2.45. The quantitative estimate of drug-likeness (QED) is 0.633. The fourth-order valence-corrected chi connectivity index (χ4v) is 4.60. The maximum absolute atomic E-state index is 13.3. The van der Waals surface area contributed by atoms with Gasteiger partial charge < -0.3 is 10.6 Å². The molecule has 146 valence electrons. The maximum atomic E-state index is 13.3. The Kier molecular flexibility index (Phi) is 6.85. The monoisotopic (exact) mass is 392 g/mol. The number of rotatable bonds is 7. The minimum absolute atomic E-state index is 0.182. The summed E-state index contributed by atoms with van der Waals surface area (Å²) in [6, 6.07) is 12.5. The zero-order chi connectivity index (χ0) is 19.3. The Hall–Kier alpha value is -1.49. The van der Waals surface area contributed by atoms with Crippen LogP contribution in [0.2, 0.25) is 5.02 Å². The van der Waals surface area contributed by atoms with Crippen molar-refractivity contribution in [3.8, 4) is 0 Å². The molecule has 2 aromatic rings. The van der Waals surface area contributed by atoms with E-state index in [0.29, 0.717) is 0 Å². The van der Waals surface area contributed by atoms with E-state index in [1.54, 1.807) is 6.07 Å². The molecule has 2 nitrogen and oxygen atoms in total. The molecule has 5 heteroatoms. The summed E-state index contributed by atoms with van der Waals surface area (Å²) in [5.41, 5.74) is 1.79. The third-order valence-corrected chi connectivity index (χ3v) is 6.06. The smallest absolute Gasteiger partial charge is 0.159 e. The first-order valence-corrected chi connectivity index (χ1v) is 10.1. The molecule has 3 rings (SSSR count). The summed E-state index contributed by atoms with van der Waals surface area (Å²) in [4.78, 5) is 0. The van der Waals surface area contributed by atoms with Gasteiger partial charge in [-0.25, -0.2) is 8.78 Å². The average Bonchev–Trinajstić information content (AvgIpc) is 2.68. The SMILES string of the molecule is CNC1(c2ccccc2Cl)CCCCC1NCCCc1ccc(F)c(F)c1. The van der Waals surface area contributed by atoms with Crippen molar-refractivity contribution < 1.29 is 8.78 Å². The molecular weight excluding hydrogens is 366 g/mol. The van der Waals surface area contributed by atoms with Gasteiger partial charge in [-0.1, -0.05) is 48.7 Å². The first-order valence-electron chi connectivity index (χ1n) is 9.68. The Bertz CT molecular complexity index is 768. The molecule has 0 spiro atoms. The van der Waals surface area contributed by atoms with Crippen LogP contribution in [-0.4, -0.2) is 19.6 Å².